The lowest BCUT2D eigenvalue weighted by Crippen LogP contribution is -2.21. The van der Waals surface area contributed by atoms with E-state index in [9.17, 15) is 9.90 Å². The van der Waals surface area contributed by atoms with Gasteiger partial charge >= 0.3 is 0 Å². The van der Waals surface area contributed by atoms with Crippen molar-refractivity contribution >= 4 is 39.2 Å². The number of thiazole rings is 1. The quantitative estimate of drug-likeness (QED) is 0.543. The minimum atomic E-state index is -1.08. The standard InChI is InChI=1S/C22H23NO4S/c1-3-12-27-19-14-15(8-10-18(19)26-2)13-16(9-11-21(24)25)22-23-17-6-4-5-7-20(17)28-22/h4-8,10,13-14H,3,9,11-12H2,1-2H3,(H,24,25)/p-1/b16-13+. The number of carboxylic acids is 1. The summed E-state index contributed by atoms with van der Waals surface area (Å²) in [6.07, 6.45) is 3.14. The van der Waals surface area contributed by atoms with Gasteiger partial charge in [0.2, 0.25) is 0 Å². The number of allylic oxidation sites excluding steroid dienone is 1. The summed E-state index contributed by atoms with van der Waals surface area (Å²) in [4.78, 5) is 15.7. The number of para-hydroxylation sites is 1. The van der Waals surface area contributed by atoms with Crippen LogP contribution in [-0.4, -0.2) is 24.7 Å². The Kier molecular flexibility index (Phi) is 6.66. The van der Waals surface area contributed by atoms with E-state index < -0.39 is 5.97 Å². The van der Waals surface area contributed by atoms with Crippen molar-refractivity contribution in [3.05, 3.63) is 53.0 Å². The van der Waals surface area contributed by atoms with E-state index in [-0.39, 0.29) is 6.42 Å². The van der Waals surface area contributed by atoms with E-state index in [0.29, 0.717) is 24.5 Å². The van der Waals surface area contributed by atoms with E-state index >= 15 is 0 Å². The van der Waals surface area contributed by atoms with Crippen molar-refractivity contribution in [1.29, 1.82) is 0 Å². The molecule has 0 fully saturated rings. The number of benzene rings is 2. The molecule has 1 aromatic heterocycles. The second-order valence-corrected chi connectivity index (χ2v) is 7.32. The Hall–Kier alpha value is -2.86. The smallest absolute Gasteiger partial charge is 0.161 e. The van der Waals surface area contributed by atoms with Crippen molar-refractivity contribution in [1.82, 2.24) is 4.98 Å². The van der Waals surface area contributed by atoms with Crippen LogP contribution >= 0.6 is 11.3 Å². The number of ether oxygens (including phenoxy) is 2. The number of carboxylic acid groups (broad SMARTS) is 1. The van der Waals surface area contributed by atoms with Crippen LogP contribution in [0.25, 0.3) is 21.9 Å². The summed E-state index contributed by atoms with van der Waals surface area (Å²) in [6.45, 7) is 2.64. The summed E-state index contributed by atoms with van der Waals surface area (Å²) >= 11 is 1.55. The second kappa shape index (κ2) is 9.37. The van der Waals surface area contributed by atoms with E-state index in [1.54, 1.807) is 18.4 Å². The highest BCUT2D eigenvalue weighted by molar-refractivity contribution is 7.19. The molecule has 28 heavy (non-hydrogen) atoms. The molecule has 3 rings (SSSR count). The van der Waals surface area contributed by atoms with Gasteiger partial charge in [0.1, 0.15) is 5.01 Å². The number of nitrogens with zero attached hydrogens (tertiary/aromatic N) is 1. The largest absolute Gasteiger partial charge is 0.550 e. The number of carbonyl (C=O) groups excluding carboxylic acids is 1. The van der Waals surface area contributed by atoms with E-state index in [4.69, 9.17) is 9.47 Å². The maximum atomic E-state index is 11.0. The molecule has 0 aliphatic heterocycles. The first kappa shape index (κ1) is 19.9. The summed E-state index contributed by atoms with van der Waals surface area (Å²) in [7, 11) is 1.61. The number of aliphatic carboxylic acids is 1. The van der Waals surface area contributed by atoms with Crippen molar-refractivity contribution in [3.63, 3.8) is 0 Å². The maximum Gasteiger partial charge on any atom is 0.161 e. The summed E-state index contributed by atoms with van der Waals surface area (Å²) in [5.74, 6) is 0.261. The van der Waals surface area contributed by atoms with Gasteiger partial charge in [0.05, 0.1) is 23.9 Å². The molecule has 0 saturated carbocycles. The Labute approximate surface area is 168 Å². The second-order valence-electron chi connectivity index (χ2n) is 6.29. The van der Waals surface area contributed by atoms with Gasteiger partial charge in [-0.1, -0.05) is 25.1 Å². The monoisotopic (exact) mass is 396 g/mol. The first-order valence-corrected chi connectivity index (χ1v) is 9.99. The molecule has 6 heteroatoms. The Morgan fingerprint density at radius 1 is 1.18 bits per heavy atom. The zero-order valence-corrected chi connectivity index (χ0v) is 16.8. The number of aromatic nitrogens is 1. The lowest BCUT2D eigenvalue weighted by atomic mass is 10.1. The van der Waals surface area contributed by atoms with Crippen LogP contribution in [0.1, 0.15) is 36.8 Å². The van der Waals surface area contributed by atoms with Gasteiger partial charge in [0.15, 0.2) is 11.5 Å². The van der Waals surface area contributed by atoms with Gasteiger partial charge in [0, 0.05) is 5.97 Å². The molecular formula is C22H22NO4S-. The van der Waals surface area contributed by atoms with Crippen LogP contribution < -0.4 is 14.6 Å². The third kappa shape index (κ3) is 4.89. The van der Waals surface area contributed by atoms with Crippen LogP contribution in [0.2, 0.25) is 0 Å². The highest BCUT2D eigenvalue weighted by Crippen LogP contribution is 2.33. The number of rotatable bonds is 9. The summed E-state index contributed by atoms with van der Waals surface area (Å²) in [5.41, 5.74) is 2.67. The summed E-state index contributed by atoms with van der Waals surface area (Å²) < 4.78 is 12.2. The molecule has 0 N–H and O–H groups in total. The lowest BCUT2D eigenvalue weighted by Gasteiger charge is -2.11. The van der Waals surface area contributed by atoms with Gasteiger partial charge < -0.3 is 19.4 Å². The van der Waals surface area contributed by atoms with Gasteiger partial charge in [-0.25, -0.2) is 4.98 Å². The molecule has 146 valence electrons. The first-order chi connectivity index (χ1) is 13.6. The molecule has 2 aromatic carbocycles. The number of hydrogen-bond acceptors (Lipinski definition) is 6. The summed E-state index contributed by atoms with van der Waals surface area (Å²) in [6, 6.07) is 13.6. The SMILES string of the molecule is CCCOc1cc(/C=C(\CCC(=O)[O-])c2nc3ccccc3s2)ccc1OC. The van der Waals surface area contributed by atoms with Crippen molar-refractivity contribution in [3.8, 4) is 11.5 Å². The van der Waals surface area contributed by atoms with E-state index in [1.807, 2.05) is 55.5 Å². The number of carbonyl (C=O) groups is 1. The average molecular weight is 396 g/mol. The molecule has 0 bridgehead atoms. The van der Waals surface area contributed by atoms with E-state index in [1.165, 1.54) is 0 Å². The predicted molar refractivity (Wildman–Crippen MR) is 111 cm³/mol. The zero-order valence-electron chi connectivity index (χ0n) is 15.9. The zero-order chi connectivity index (χ0) is 19.9. The Morgan fingerprint density at radius 2 is 2.00 bits per heavy atom. The Morgan fingerprint density at radius 3 is 2.71 bits per heavy atom. The van der Waals surface area contributed by atoms with Crippen LogP contribution in [0.3, 0.4) is 0 Å². The number of hydrogen-bond donors (Lipinski definition) is 0. The minimum Gasteiger partial charge on any atom is -0.550 e. The van der Waals surface area contributed by atoms with Gasteiger partial charge in [-0.05, 0) is 60.7 Å². The molecule has 0 atom stereocenters. The van der Waals surface area contributed by atoms with Crippen molar-refractivity contribution in [2.24, 2.45) is 0 Å². The summed E-state index contributed by atoms with van der Waals surface area (Å²) in [5, 5.41) is 11.8. The van der Waals surface area contributed by atoms with Crippen molar-refractivity contribution < 1.29 is 19.4 Å². The normalized spacial score (nSPS) is 11.6. The van der Waals surface area contributed by atoms with Crippen LogP contribution in [0.4, 0.5) is 0 Å². The van der Waals surface area contributed by atoms with E-state index in [0.717, 1.165) is 32.8 Å². The number of methoxy groups -OCH3 is 1. The lowest BCUT2D eigenvalue weighted by molar-refractivity contribution is -0.305. The maximum absolute atomic E-state index is 11.0. The molecule has 0 spiro atoms. The van der Waals surface area contributed by atoms with Crippen LogP contribution in [-0.2, 0) is 4.79 Å². The molecule has 0 saturated heterocycles. The highest BCUT2D eigenvalue weighted by Gasteiger charge is 2.11. The molecule has 5 nitrogen and oxygen atoms in total. The molecule has 0 aliphatic carbocycles. The fourth-order valence-corrected chi connectivity index (χ4v) is 3.81. The molecular weight excluding hydrogens is 374 g/mol. The van der Waals surface area contributed by atoms with E-state index in [2.05, 4.69) is 4.98 Å². The molecule has 0 aliphatic rings. The molecule has 0 unspecified atom stereocenters. The fourth-order valence-electron chi connectivity index (χ4n) is 2.80. The van der Waals surface area contributed by atoms with Gasteiger partial charge in [-0.15, -0.1) is 11.3 Å². The predicted octanol–water partition coefficient (Wildman–Crippen LogP) is 4.16. The molecule has 0 radical (unpaired) electrons. The van der Waals surface area contributed by atoms with Gasteiger partial charge in [0.25, 0.3) is 0 Å². The van der Waals surface area contributed by atoms with Gasteiger partial charge in [-0.2, -0.15) is 0 Å². The van der Waals surface area contributed by atoms with Crippen molar-refractivity contribution in [2.45, 2.75) is 26.2 Å². The van der Waals surface area contributed by atoms with Crippen LogP contribution in [0.15, 0.2) is 42.5 Å². The molecule has 0 amide bonds. The highest BCUT2D eigenvalue weighted by atomic mass is 32.1. The van der Waals surface area contributed by atoms with Crippen molar-refractivity contribution in [2.75, 3.05) is 13.7 Å². The minimum absolute atomic E-state index is 0.0584. The Balaban J connectivity index is 1.99. The third-order valence-electron chi connectivity index (χ3n) is 4.16. The average Bonchev–Trinajstić information content (AvgIpc) is 3.13. The molecule has 3 aromatic rings. The first-order valence-electron chi connectivity index (χ1n) is 9.18. The number of fused-ring (bicyclic) bond motifs is 1. The third-order valence-corrected chi connectivity index (χ3v) is 5.27. The topological polar surface area (TPSA) is 71.5 Å². The van der Waals surface area contributed by atoms with Crippen LogP contribution in [0.5, 0.6) is 11.5 Å². The van der Waals surface area contributed by atoms with Gasteiger partial charge in [-0.3, -0.25) is 0 Å². The molecule has 1 heterocycles. The fraction of sp³-hybridized carbons (Fsp3) is 0.273. The van der Waals surface area contributed by atoms with Crippen LogP contribution in [0, 0.1) is 0 Å². The Bertz CT molecular complexity index is 960.